The van der Waals surface area contributed by atoms with Crippen LogP contribution in [0.15, 0.2) is 70.3 Å². The number of thiophene rings is 1. The van der Waals surface area contributed by atoms with Crippen molar-refractivity contribution in [3.63, 3.8) is 0 Å². The molecule has 31 heavy (non-hydrogen) atoms. The van der Waals surface area contributed by atoms with Gasteiger partial charge in [0, 0.05) is 12.1 Å². The van der Waals surface area contributed by atoms with Crippen molar-refractivity contribution >= 4 is 44.6 Å². The maximum atomic E-state index is 12.6. The van der Waals surface area contributed by atoms with Crippen molar-refractivity contribution in [1.82, 2.24) is 5.32 Å². The molecule has 0 saturated heterocycles. The molecule has 0 aliphatic rings. The average Bonchev–Trinajstić information content (AvgIpc) is 3.32. The van der Waals surface area contributed by atoms with E-state index in [1.165, 1.54) is 22.7 Å². The molecule has 1 amide bonds. The third-order valence-electron chi connectivity index (χ3n) is 4.70. The minimum atomic E-state index is -3.59. The van der Waals surface area contributed by atoms with E-state index in [1.54, 1.807) is 53.9 Å². The highest BCUT2D eigenvalue weighted by molar-refractivity contribution is 7.94. The SMILES string of the molecule is CCC(NC(=O)COc1ccc(N(C)S(=O)(=O)c2cccs2)cc1)c1ccc(Cl)cc1. The summed E-state index contributed by atoms with van der Waals surface area (Å²) in [7, 11) is -2.09. The molecule has 164 valence electrons. The van der Waals surface area contributed by atoms with E-state index < -0.39 is 10.0 Å². The smallest absolute Gasteiger partial charge is 0.273 e. The van der Waals surface area contributed by atoms with Crippen molar-refractivity contribution in [1.29, 1.82) is 0 Å². The zero-order valence-electron chi connectivity index (χ0n) is 17.1. The number of carbonyl (C=O) groups is 1. The maximum absolute atomic E-state index is 12.6. The van der Waals surface area contributed by atoms with Gasteiger partial charge in [-0.2, -0.15) is 0 Å². The lowest BCUT2D eigenvalue weighted by molar-refractivity contribution is -0.123. The number of nitrogens with zero attached hydrogens (tertiary/aromatic N) is 1. The molecule has 6 nitrogen and oxygen atoms in total. The Balaban J connectivity index is 1.57. The predicted molar refractivity (Wildman–Crippen MR) is 124 cm³/mol. The lowest BCUT2D eigenvalue weighted by atomic mass is 10.0. The maximum Gasteiger partial charge on any atom is 0.273 e. The number of nitrogens with one attached hydrogen (secondary N) is 1. The number of benzene rings is 2. The number of halogens is 1. The highest BCUT2D eigenvalue weighted by atomic mass is 35.5. The highest BCUT2D eigenvalue weighted by Gasteiger charge is 2.22. The Bertz CT molecular complexity index is 1100. The molecule has 9 heteroatoms. The summed E-state index contributed by atoms with van der Waals surface area (Å²) >= 11 is 7.09. The molecule has 0 bridgehead atoms. The van der Waals surface area contributed by atoms with Gasteiger partial charge in [0.2, 0.25) is 0 Å². The van der Waals surface area contributed by atoms with Crippen LogP contribution in [0.5, 0.6) is 5.75 Å². The summed E-state index contributed by atoms with van der Waals surface area (Å²) in [5.41, 5.74) is 1.47. The Hall–Kier alpha value is -2.55. The molecule has 0 fully saturated rings. The molecule has 3 aromatic rings. The van der Waals surface area contributed by atoms with Gasteiger partial charge in [0.1, 0.15) is 9.96 Å². The van der Waals surface area contributed by atoms with Crippen LogP contribution >= 0.6 is 22.9 Å². The molecule has 0 aliphatic carbocycles. The number of hydrogen-bond acceptors (Lipinski definition) is 5. The third kappa shape index (κ3) is 5.78. The third-order valence-corrected chi connectivity index (χ3v) is 8.11. The van der Waals surface area contributed by atoms with Gasteiger partial charge in [-0.25, -0.2) is 8.42 Å². The van der Waals surface area contributed by atoms with Crippen LogP contribution in [0.3, 0.4) is 0 Å². The standard InChI is InChI=1S/C22H23ClN2O4S2/c1-3-20(16-6-8-17(23)9-7-16)24-21(26)15-29-19-12-10-18(11-13-19)25(2)31(27,28)22-5-4-14-30-22/h4-14,20H,3,15H2,1-2H3,(H,24,26). The molecule has 1 aromatic heterocycles. The van der Waals surface area contributed by atoms with Gasteiger partial charge < -0.3 is 10.1 Å². The van der Waals surface area contributed by atoms with Crippen LogP contribution in [0.4, 0.5) is 5.69 Å². The Labute approximate surface area is 191 Å². The fraction of sp³-hybridized carbons (Fsp3) is 0.227. The Morgan fingerprint density at radius 2 is 1.81 bits per heavy atom. The summed E-state index contributed by atoms with van der Waals surface area (Å²) in [6.45, 7) is 1.84. The minimum absolute atomic E-state index is 0.133. The first-order valence-electron chi connectivity index (χ1n) is 9.61. The summed E-state index contributed by atoms with van der Waals surface area (Å²) in [4.78, 5) is 12.3. The molecule has 3 rings (SSSR count). The van der Waals surface area contributed by atoms with E-state index in [0.717, 1.165) is 12.0 Å². The molecule has 1 heterocycles. The van der Waals surface area contributed by atoms with Crippen LogP contribution in [0, 0.1) is 0 Å². The van der Waals surface area contributed by atoms with Gasteiger partial charge in [0.05, 0.1) is 11.7 Å². The van der Waals surface area contributed by atoms with Gasteiger partial charge in [-0.1, -0.05) is 36.7 Å². The van der Waals surface area contributed by atoms with Gasteiger partial charge in [0.25, 0.3) is 15.9 Å². The van der Waals surface area contributed by atoms with Crippen molar-refractivity contribution in [2.75, 3.05) is 18.0 Å². The van der Waals surface area contributed by atoms with Crippen LogP contribution in [0.2, 0.25) is 5.02 Å². The van der Waals surface area contributed by atoms with Gasteiger partial charge in [-0.15, -0.1) is 11.3 Å². The Kier molecular flexibility index (Phi) is 7.59. The minimum Gasteiger partial charge on any atom is -0.484 e. The fourth-order valence-electron chi connectivity index (χ4n) is 2.94. The van der Waals surface area contributed by atoms with E-state index in [1.807, 2.05) is 19.1 Å². The second-order valence-corrected chi connectivity index (χ2v) is 10.3. The molecule has 1 unspecified atom stereocenters. The zero-order chi connectivity index (χ0) is 22.4. The van der Waals surface area contributed by atoms with Gasteiger partial charge in [0.15, 0.2) is 6.61 Å². The van der Waals surface area contributed by atoms with Gasteiger partial charge in [-0.3, -0.25) is 9.10 Å². The topological polar surface area (TPSA) is 75.7 Å². The predicted octanol–water partition coefficient (Wildman–Crippen LogP) is 4.87. The van der Waals surface area contributed by atoms with Crippen LogP contribution in [0.1, 0.15) is 24.9 Å². The quantitative estimate of drug-likeness (QED) is 0.476. The van der Waals surface area contributed by atoms with Gasteiger partial charge >= 0.3 is 0 Å². The lowest BCUT2D eigenvalue weighted by Gasteiger charge is -2.19. The van der Waals surface area contributed by atoms with E-state index in [0.29, 0.717) is 16.5 Å². The zero-order valence-corrected chi connectivity index (χ0v) is 19.5. The first-order chi connectivity index (χ1) is 14.8. The first kappa shape index (κ1) is 23.1. The van der Waals surface area contributed by atoms with Crippen LogP contribution in [-0.2, 0) is 14.8 Å². The summed E-state index contributed by atoms with van der Waals surface area (Å²) < 4.78 is 32.3. The number of sulfonamides is 1. The summed E-state index contributed by atoms with van der Waals surface area (Å²) in [6, 6.07) is 17.0. The normalized spacial score (nSPS) is 12.2. The highest BCUT2D eigenvalue weighted by Crippen LogP contribution is 2.26. The molecule has 1 N–H and O–H groups in total. The molecule has 0 radical (unpaired) electrons. The average molecular weight is 479 g/mol. The Morgan fingerprint density at radius 3 is 2.39 bits per heavy atom. The number of carbonyl (C=O) groups excluding carboxylic acids is 1. The first-order valence-corrected chi connectivity index (χ1v) is 12.3. The van der Waals surface area contributed by atoms with Crippen molar-refractivity contribution in [3.05, 3.63) is 76.6 Å². The van der Waals surface area contributed by atoms with Crippen molar-refractivity contribution < 1.29 is 17.9 Å². The van der Waals surface area contributed by atoms with Gasteiger partial charge in [-0.05, 0) is 59.8 Å². The van der Waals surface area contributed by atoms with Crippen molar-refractivity contribution in [2.24, 2.45) is 0 Å². The van der Waals surface area contributed by atoms with Crippen molar-refractivity contribution in [3.8, 4) is 5.75 Å². The number of anilines is 1. The van der Waals surface area contributed by atoms with E-state index >= 15 is 0 Å². The monoisotopic (exact) mass is 478 g/mol. The largest absolute Gasteiger partial charge is 0.484 e. The number of amides is 1. The number of hydrogen-bond donors (Lipinski definition) is 1. The van der Waals surface area contributed by atoms with Crippen LogP contribution < -0.4 is 14.4 Å². The molecule has 1 atom stereocenters. The molecule has 0 saturated carbocycles. The molecular formula is C22H23ClN2O4S2. The van der Waals surface area contributed by atoms with Crippen LogP contribution in [-0.4, -0.2) is 28.0 Å². The van der Waals surface area contributed by atoms with E-state index in [-0.39, 0.29) is 22.8 Å². The molecular weight excluding hydrogens is 456 g/mol. The molecule has 0 spiro atoms. The molecule has 0 aliphatic heterocycles. The van der Waals surface area contributed by atoms with E-state index in [2.05, 4.69) is 5.32 Å². The molecule has 2 aromatic carbocycles. The number of rotatable bonds is 9. The summed E-state index contributed by atoms with van der Waals surface area (Å²) in [5, 5.41) is 5.31. The van der Waals surface area contributed by atoms with E-state index in [4.69, 9.17) is 16.3 Å². The Morgan fingerprint density at radius 1 is 1.13 bits per heavy atom. The second-order valence-electron chi connectivity index (χ2n) is 6.77. The number of ether oxygens (including phenoxy) is 1. The van der Waals surface area contributed by atoms with Crippen molar-refractivity contribution in [2.45, 2.75) is 23.6 Å². The van der Waals surface area contributed by atoms with Crippen LogP contribution in [0.25, 0.3) is 0 Å². The summed E-state index contributed by atoms with van der Waals surface area (Å²) in [6.07, 6.45) is 0.729. The fourth-order valence-corrected chi connectivity index (χ4v) is 5.42. The van der Waals surface area contributed by atoms with E-state index in [9.17, 15) is 13.2 Å². The summed E-state index contributed by atoms with van der Waals surface area (Å²) in [5.74, 6) is 0.226. The lowest BCUT2D eigenvalue weighted by Crippen LogP contribution is -2.32. The second kappa shape index (κ2) is 10.2.